The number of hydrogen-bond acceptors (Lipinski definition) is 5. The van der Waals surface area contributed by atoms with Gasteiger partial charge in [-0.15, -0.1) is 0 Å². The zero-order chi connectivity index (χ0) is 19.6. The molecule has 2 aromatic rings. The lowest BCUT2D eigenvalue weighted by molar-refractivity contribution is 0.0961. The first-order valence-corrected chi connectivity index (χ1v) is 8.80. The number of aryl methyl sites for hydroxylation is 1. The molecule has 0 bridgehead atoms. The van der Waals surface area contributed by atoms with E-state index >= 15 is 0 Å². The molecule has 0 unspecified atom stereocenters. The molecular formula is C20H22N2O5. The van der Waals surface area contributed by atoms with E-state index in [1.807, 2.05) is 0 Å². The number of carbonyl (C=O) groups is 2. The van der Waals surface area contributed by atoms with Gasteiger partial charge in [0.25, 0.3) is 11.8 Å². The van der Waals surface area contributed by atoms with Crippen LogP contribution in [0.3, 0.4) is 0 Å². The highest BCUT2D eigenvalue weighted by molar-refractivity contribution is 6.06. The van der Waals surface area contributed by atoms with Crippen LogP contribution in [-0.2, 0) is 0 Å². The van der Waals surface area contributed by atoms with Crippen molar-refractivity contribution in [2.24, 2.45) is 0 Å². The molecule has 7 nitrogen and oxygen atoms in total. The molecule has 1 aliphatic rings. The molecule has 1 fully saturated rings. The predicted octanol–water partition coefficient (Wildman–Crippen LogP) is 2.84. The van der Waals surface area contributed by atoms with Gasteiger partial charge < -0.3 is 19.8 Å². The number of hydrogen-bond donors (Lipinski definition) is 2. The summed E-state index contributed by atoms with van der Waals surface area (Å²) < 4.78 is 10.6. The van der Waals surface area contributed by atoms with Crippen LogP contribution in [0.4, 0.5) is 5.69 Å². The van der Waals surface area contributed by atoms with E-state index in [4.69, 9.17) is 9.15 Å². The van der Waals surface area contributed by atoms with Crippen LogP contribution in [0.1, 0.15) is 57.2 Å². The van der Waals surface area contributed by atoms with Crippen molar-refractivity contribution in [2.75, 3.05) is 19.5 Å². The smallest absolute Gasteiger partial charge is 0.349 e. The second kappa shape index (κ2) is 7.65. The fourth-order valence-electron chi connectivity index (χ4n) is 3.08. The molecule has 0 aliphatic heterocycles. The Balaban J connectivity index is 1.91. The molecule has 1 aliphatic carbocycles. The van der Waals surface area contributed by atoms with E-state index in [1.54, 1.807) is 25.1 Å². The number of amides is 2. The zero-order valence-electron chi connectivity index (χ0n) is 15.5. The van der Waals surface area contributed by atoms with Gasteiger partial charge in [-0.25, -0.2) is 4.79 Å². The molecule has 2 amide bonds. The van der Waals surface area contributed by atoms with E-state index in [9.17, 15) is 14.4 Å². The van der Waals surface area contributed by atoms with Crippen LogP contribution in [0.25, 0.3) is 0 Å². The monoisotopic (exact) mass is 370 g/mol. The van der Waals surface area contributed by atoms with E-state index < -0.39 is 11.5 Å². The number of carbonyl (C=O) groups excluding carboxylic acids is 2. The number of benzene rings is 1. The molecule has 2 N–H and O–H groups in total. The molecule has 3 rings (SSSR count). The number of rotatable bonds is 5. The maximum absolute atomic E-state index is 12.7. The zero-order valence-corrected chi connectivity index (χ0v) is 15.5. The van der Waals surface area contributed by atoms with Crippen LogP contribution in [-0.4, -0.2) is 26.0 Å². The summed E-state index contributed by atoms with van der Waals surface area (Å²) >= 11 is 0. The average molecular weight is 370 g/mol. The lowest BCUT2D eigenvalue weighted by Crippen LogP contribution is -2.24. The molecule has 1 aromatic carbocycles. The minimum Gasteiger partial charge on any atom is -0.495 e. The summed E-state index contributed by atoms with van der Waals surface area (Å²) in [5, 5.41) is 5.17. The molecule has 1 aromatic heterocycles. The van der Waals surface area contributed by atoms with Gasteiger partial charge in [0.2, 0.25) is 0 Å². The van der Waals surface area contributed by atoms with Gasteiger partial charge in [-0.3, -0.25) is 9.59 Å². The summed E-state index contributed by atoms with van der Waals surface area (Å²) in [7, 11) is 2.97. The Morgan fingerprint density at radius 3 is 2.48 bits per heavy atom. The Hall–Kier alpha value is -3.09. The molecule has 0 atom stereocenters. The fraction of sp³-hybridized carbons (Fsp3) is 0.350. The molecule has 1 saturated carbocycles. The third-order valence-corrected chi connectivity index (χ3v) is 4.84. The van der Waals surface area contributed by atoms with Crippen molar-refractivity contribution < 1.29 is 18.7 Å². The van der Waals surface area contributed by atoms with Crippen molar-refractivity contribution in [3.05, 3.63) is 57.1 Å². The van der Waals surface area contributed by atoms with E-state index in [1.165, 1.54) is 20.2 Å². The third kappa shape index (κ3) is 3.72. The molecular weight excluding hydrogens is 348 g/mol. The van der Waals surface area contributed by atoms with Gasteiger partial charge in [-0.2, -0.15) is 0 Å². The van der Waals surface area contributed by atoms with Gasteiger partial charge >= 0.3 is 5.63 Å². The Labute approximate surface area is 156 Å². The Bertz CT molecular complexity index is 944. The second-order valence-corrected chi connectivity index (χ2v) is 6.57. The fourth-order valence-corrected chi connectivity index (χ4v) is 3.08. The molecule has 7 heteroatoms. The van der Waals surface area contributed by atoms with Crippen LogP contribution < -0.4 is 21.0 Å². The van der Waals surface area contributed by atoms with E-state index in [0.717, 1.165) is 19.3 Å². The molecule has 0 spiro atoms. The number of methoxy groups -OCH3 is 1. The Morgan fingerprint density at radius 1 is 1.19 bits per heavy atom. The molecule has 27 heavy (non-hydrogen) atoms. The first-order valence-electron chi connectivity index (χ1n) is 8.80. The van der Waals surface area contributed by atoms with Crippen molar-refractivity contribution >= 4 is 17.5 Å². The van der Waals surface area contributed by atoms with Crippen LogP contribution in [0.15, 0.2) is 33.5 Å². The first-order chi connectivity index (χ1) is 12.9. The Kier molecular flexibility index (Phi) is 5.30. The highest BCUT2D eigenvalue weighted by Gasteiger charge is 2.25. The highest BCUT2D eigenvalue weighted by Crippen LogP contribution is 2.36. The van der Waals surface area contributed by atoms with Crippen molar-refractivity contribution in [2.45, 2.75) is 32.1 Å². The highest BCUT2D eigenvalue weighted by atomic mass is 16.5. The van der Waals surface area contributed by atoms with Gasteiger partial charge in [0.1, 0.15) is 17.1 Å². The van der Waals surface area contributed by atoms with Gasteiger partial charge in [0, 0.05) is 18.5 Å². The van der Waals surface area contributed by atoms with Crippen LogP contribution >= 0.6 is 0 Å². The summed E-state index contributed by atoms with van der Waals surface area (Å²) in [6.45, 7) is 1.71. The van der Waals surface area contributed by atoms with Crippen molar-refractivity contribution in [3.8, 4) is 5.75 Å². The molecule has 142 valence electrons. The minimum absolute atomic E-state index is 0.0505. The van der Waals surface area contributed by atoms with Crippen molar-refractivity contribution in [1.29, 1.82) is 0 Å². The van der Waals surface area contributed by atoms with Crippen molar-refractivity contribution in [3.63, 3.8) is 0 Å². The van der Waals surface area contributed by atoms with Crippen LogP contribution in [0, 0.1) is 6.92 Å². The van der Waals surface area contributed by atoms with E-state index in [-0.39, 0.29) is 17.4 Å². The maximum Gasteiger partial charge on any atom is 0.349 e. The lowest BCUT2D eigenvalue weighted by Gasteiger charge is -2.24. The predicted molar refractivity (Wildman–Crippen MR) is 101 cm³/mol. The van der Waals surface area contributed by atoms with Gasteiger partial charge in [0.05, 0.1) is 12.8 Å². The van der Waals surface area contributed by atoms with Gasteiger partial charge in [-0.1, -0.05) is 6.42 Å². The van der Waals surface area contributed by atoms with Crippen LogP contribution in [0.2, 0.25) is 0 Å². The second-order valence-electron chi connectivity index (χ2n) is 6.57. The quantitative estimate of drug-likeness (QED) is 0.843. The molecule has 1 heterocycles. The summed E-state index contributed by atoms with van der Waals surface area (Å²) in [6, 6.07) is 6.42. The normalized spacial score (nSPS) is 13.6. The standard InChI is InChI=1S/C20H22N2O5/c1-11-9-16(12-5-4-6-12)27-20(25)17(11)19(24)22-14-10-13(18(23)21-2)7-8-15(14)26-3/h7-10,12H,4-6H2,1-3H3,(H,21,23)(H,22,24). The average Bonchev–Trinajstić information content (AvgIpc) is 2.58. The van der Waals surface area contributed by atoms with Gasteiger partial charge in [-0.05, 0) is 49.6 Å². The summed E-state index contributed by atoms with van der Waals surface area (Å²) in [5.74, 6) is 0.379. The molecule has 0 radical (unpaired) electrons. The Morgan fingerprint density at radius 2 is 1.93 bits per heavy atom. The SMILES string of the molecule is CNC(=O)c1ccc(OC)c(NC(=O)c2c(C)cc(C3CCC3)oc2=O)c1. The molecule has 0 saturated heterocycles. The van der Waals surface area contributed by atoms with Crippen LogP contribution in [0.5, 0.6) is 5.75 Å². The lowest BCUT2D eigenvalue weighted by atomic mass is 9.83. The van der Waals surface area contributed by atoms with E-state index in [0.29, 0.717) is 28.3 Å². The largest absolute Gasteiger partial charge is 0.495 e. The number of ether oxygens (including phenoxy) is 1. The maximum atomic E-state index is 12.7. The van der Waals surface area contributed by atoms with E-state index in [2.05, 4.69) is 10.6 Å². The van der Waals surface area contributed by atoms with Crippen molar-refractivity contribution in [1.82, 2.24) is 5.32 Å². The summed E-state index contributed by atoms with van der Waals surface area (Å²) in [6.07, 6.45) is 3.12. The third-order valence-electron chi connectivity index (χ3n) is 4.84. The summed E-state index contributed by atoms with van der Waals surface area (Å²) in [4.78, 5) is 36.9. The topological polar surface area (TPSA) is 97.6 Å². The first kappa shape index (κ1) is 18.7. The number of anilines is 1. The number of nitrogens with one attached hydrogen (secondary N) is 2. The van der Waals surface area contributed by atoms with Gasteiger partial charge in [0.15, 0.2) is 0 Å². The summed E-state index contributed by atoms with van der Waals surface area (Å²) in [5.41, 5.74) is 0.511. The minimum atomic E-state index is -0.657.